The van der Waals surface area contributed by atoms with Gasteiger partial charge in [0.25, 0.3) is 10.0 Å². The SMILES string of the molecule is CCOc1ccccc1N(CC(=O)NCCOc1ccccc1C)S(=O)(=O)c1ccc(C)cc1. The quantitative estimate of drug-likeness (QED) is 0.416. The van der Waals surface area contributed by atoms with Crippen molar-refractivity contribution < 1.29 is 22.7 Å². The van der Waals surface area contributed by atoms with Crippen molar-refractivity contribution in [2.45, 2.75) is 25.7 Å². The minimum Gasteiger partial charge on any atom is -0.492 e. The molecular formula is C26H30N2O5S. The van der Waals surface area contributed by atoms with Gasteiger partial charge in [0.05, 0.1) is 23.7 Å². The van der Waals surface area contributed by atoms with Crippen LogP contribution in [-0.2, 0) is 14.8 Å². The van der Waals surface area contributed by atoms with E-state index in [1.54, 1.807) is 36.4 Å². The molecular weight excluding hydrogens is 452 g/mol. The predicted molar refractivity (Wildman–Crippen MR) is 133 cm³/mol. The second-order valence-corrected chi connectivity index (χ2v) is 9.55. The summed E-state index contributed by atoms with van der Waals surface area (Å²) in [4.78, 5) is 12.9. The number of nitrogens with one attached hydrogen (secondary N) is 1. The molecule has 0 atom stereocenters. The molecule has 0 aliphatic carbocycles. The first kappa shape index (κ1) is 25.1. The van der Waals surface area contributed by atoms with Crippen LogP contribution in [0.25, 0.3) is 0 Å². The van der Waals surface area contributed by atoms with Gasteiger partial charge in [0.15, 0.2) is 0 Å². The van der Waals surface area contributed by atoms with E-state index in [-0.39, 0.29) is 18.0 Å². The number of hydrogen-bond acceptors (Lipinski definition) is 5. The summed E-state index contributed by atoms with van der Waals surface area (Å²) in [5.41, 5.74) is 2.24. The highest BCUT2D eigenvalue weighted by Crippen LogP contribution is 2.32. The Morgan fingerprint density at radius 3 is 2.21 bits per heavy atom. The number of amides is 1. The Labute approximate surface area is 201 Å². The van der Waals surface area contributed by atoms with Crippen molar-refractivity contribution in [2.24, 2.45) is 0 Å². The van der Waals surface area contributed by atoms with Gasteiger partial charge in [-0.25, -0.2) is 8.42 Å². The first-order valence-corrected chi connectivity index (χ1v) is 12.5. The van der Waals surface area contributed by atoms with Crippen LogP contribution in [0.15, 0.2) is 77.7 Å². The number of sulfonamides is 1. The molecule has 1 amide bonds. The minimum atomic E-state index is -4.02. The fraction of sp³-hybridized carbons (Fsp3) is 0.269. The van der Waals surface area contributed by atoms with Gasteiger partial charge in [-0.05, 0) is 56.7 Å². The molecule has 0 bridgehead atoms. The van der Waals surface area contributed by atoms with Gasteiger partial charge in [0.1, 0.15) is 24.7 Å². The van der Waals surface area contributed by atoms with Gasteiger partial charge in [-0.3, -0.25) is 9.10 Å². The zero-order chi connectivity index (χ0) is 24.6. The maximum Gasteiger partial charge on any atom is 0.264 e. The molecule has 8 heteroatoms. The van der Waals surface area contributed by atoms with E-state index in [1.165, 1.54) is 12.1 Å². The number of nitrogens with zero attached hydrogens (tertiary/aromatic N) is 1. The fourth-order valence-electron chi connectivity index (χ4n) is 3.33. The topological polar surface area (TPSA) is 84.9 Å². The van der Waals surface area contributed by atoms with E-state index < -0.39 is 22.5 Å². The Hall–Kier alpha value is -3.52. The average Bonchev–Trinajstić information content (AvgIpc) is 2.82. The molecule has 0 radical (unpaired) electrons. The highest BCUT2D eigenvalue weighted by atomic mass is 32.2. The van der Waals surface area contributed by atoms with Crippen molar-refractivity contribution in [3.63, 3.8) is 0 Å². The summed E-state index contributed by atoms with van der Waals surface area (Å²) in [6.45, 7) is 6.09. The third kappa shape index (κ3) is 6.29. The summed E-state index contributed by atoms with van der Waals surface area (Å²) in [5, 5.41) is 2.75. The molecule has 0 saturated carbocycles. The molecule has 0 saturated heterocycles. The molecule has 0 fully saturated rings. The first-order chi connectivity index (χ1) is 16.3. The molecule has 0 unspecified atom stereocenters. The molecule has 0 aromatic heterocycles. The van der Waals surface area contributed by atoms with Gasteiger partial charge in [0, 0.05) is 0 Å². The normalized spacial score (nSPS) is 11.0. The molecule has 1 N–H and O–H groups in total. The van der Waals surface area contributed by atoms with Gasteiger partial charge in [-0.1, -0.05) is 48.0 Å². The van der Waals surface area contributed by atoms with Crippen molar-refractivity contribution in [1.29, 1.82) is 0 Å². The number of carbonyl (C=O) groups excluding carboxylic acids is 1. The van der Waals surface area contributed by atoms with E-state index in [9.17, 15) is 13.2 Å². The van der Waals surface area contributed by atoms with Crippen molar-refractivity contribution >= 4 is 21.6 Å². The summed E-state index contributed by atoms with van der Waals surface area (Å²) in [7, 11) is -4.02. The lowest BCUT2D eigenvalue weighted by Crippen LogP contribution is -2.42. The van der Waals surface area contributed by atoms with E-state index >= 15 is 0 Å². The molecule has 0 aliphatic rings. The largest absolute Gasteiger partial charge is 0.492 e. The standard InChI is InChI=1S/C26H30N2O5S/c1-4-32-25-12-8-6-10-23(25)28(34(30,31)22-15-13-20(2)14-16-22)19-26(29)27-17-18-33-24-11-7-5-9-21(24)3/h5-16H,4,17-19H2,1-3H3,(H,27,29). The van der Waals surface area contributed by atoms with Crippen LogP contribution in [0.2, 0.25) is 0 Å². The third-order valence-electron chi connectivity index (χ3n) is 5.11. The van der Waals surface area contributed by atoms with Gasteiger partial charge >= 0.3 is 0 Å². The zero-order valence-corrected chi connectivity index (χ0v) is 20.5. The van der Waals surface area contributed by atoms with Crippen LogP contribution in [0.4, 0.5) is 5.69 Å². The fourth-order valence-corrected chi connectivity index (χ4v) is 4.77. The van der Waals surface area contributed by atoms with E-state index in [0.29, 0.717) is 18.0 Å². The number of ether oxygens (including phenoxy) is 2. The van der Waals surface area contributed by atoms with Crippen molar-refractivity contribution in [1.82, 2.24) is 5.32 Å². The number of benzene rings is 3. The summed E-state index contributed by atoms with van der Waals surface area (Å²) < 4.78 is 39.6. The molecule has 0 heterocycles. The summed E-state index contributed by atoms with van der Waals surface area (Å²) in [6, 6.07) is 20.9. The molecule has 180 valence electrons. The van der Waals surface area contributed by atoms with E-state index in [1.807, 2.05) is 45.0 Å². The van der Waals surface area contributed by atoms with Gasteiger partial charge < -0.3 is 14.8 Å². The predicted octanol–water partition coefficient (Wildman–Crippen LogP) is 4.09. The van der Waals surface area contributed by atoms with Gasteiger partial charge in [-0.15, -0.1) is 0 Å². The Kier molecular flexibility index (Phi) is 8.54. The molecule has 3 rings (SSSR count). The number of carbonyl (C=O) groups is 1. The van der Waals surface area contributed by atoms with Crippen molar-refractivity contribution in [3.8, 4) is 11.5 Å². The lowest BCUT2D eigenvalue weighted by molar-refractivity contribution is -0.119. The van der Waals surface area contributed by atoms with Gasteiger partial charge in [0.2, 0.25) is 5.91 Å². The lowest BCUT2D eigenvalue weighted by Gasteiger charge is -2.26. The van der Waals surface area contributed by atoms with Crippen molar-refractivity contribution in [2.75, 3.05) is 30.6 Å². The smallest absolute Gasteiger partial charge is 0.264 e. The van der Waals surface area contributed by atoms with E-state index in [2.05, 4.69) is 5.32 Å². The lowest BCUT2D eigenvalue weighted by atomic mass is 10.2. The van der Waals surface area contributed by atoms with Crippen molar-refractivity contribution in [3.05, 3.63) is 83.9 Å². The number of anilines is 1. The Morgan fingerprint density at radius 1 is 0.882 bits per heavy atom. The maximum atomic E-state index is 13.6. The van der Waals surface area contributed by atoms with Gasteiger partial charge in [-0.2, -0.15) is 0 Å². The Bertz CT molecular complexity index is 1210. The molecule has 3 aromatic carbocycles. The second kappa shape index (κ2) is 11.6. The Morgan fingerprint density at radius 2 is 1.53 bits per heavy atom. The summed E-state index contributed by atoms with van der Waals surface area (Å²) in [6.07, 6.45) is 0. The van der Waals surface area contributed by atoms with E-state index in [4.69, 9.17) is 9.47 Å². The van der Waals surface area contributed by atoms with Crippen LogP contribution in [0, 0.1) is 13.8 Å². The third-order valence-corrected chi connectivity index (χ3v) is 6.88. The molecule has 7 nitrogen and oxygen atoms in total. The monoisotopic (exact) mass is 482 g/mol. The van der Waals surface area contributed by atoms with Crippen LogP contribution in [0.1, 0.15) is 18.1 Å². The van der Waals surface area contributed by atoms with E-state index in [0.717, 1.165) is 21.2 Å². The first-order valence-electron chi connectivity index (χ1n) is 11.1. The number of para-hydroxylation sites is 3. The number of rotatable bonds is 11. The minimum absolute atomic E-state index is 0.0973. The van der Waals surface area contributed by atoms with Crippen LogP contribution in [-0.4, -0.2) is 40.6 Å². The summed E-state index contributed by atoms with van der Waals surface area (Å²) in [5.74, 6) is 0.678. The second-order valence-electron chi connectivity index (χ2n) is 7.69. The highest BCUT2D eigenvalue weighted by molar-refractivity contribution is 7.92. The summed E-state index contributed by atoms with van der Waals surface area (Å²) >= 11 is 0. The maximum absolute atomic E-state index is 13.6. The average molecular weight is 483 g/mol. The molecule has 0 spiro atoms. The highest BCUT2D eigenvalue weighted by Gasteiger charge is 2.29. The number of hydrogen-bond donors (Lipinski definition) is 1. The van der Waals surface area contributed by atoms with Crippen LogP contribution in [0.3, 0.4) is 0 Å². The Balaban J connectivity index is 1.78. The molecule has 34 heavy (non-hydrogen) atoms. The zero-order valence-electron chi connectivity index (χ0n) is 19.7. The molecule has 0 aliphatic heterocycles. The van der Waals surface area contributed by atoms with Crippen LogP contribution < -0.4 is 19.1 Å². The van der Waals surface area contributed by atoms with Crippen LogP contribution in [0.5, 0.6) is 11.5 Å². The number of aryl methyl sites for hydroxylation is 2. The molecule has 3 aromatic rings. The van der Waals surface area contributed by atoms with Crippen LogP contribution >= 0.6 is 0 Å².